The average molecular weight is 392 g/mol. The molecule has 1 aliphatic rings. The van der Waals surface area contributed by atoms with Crippen LogP contribution in [0.15, 0.2) is 43.0 Å². The molecule has 0 saturated carbocycles. The number of imidazole rings is 1. The van der Waals surface area contributed by atoms with Gasteiger partial charge in [-0.05, 0) is 48.5 Å². The van der Waals surface area contributed by atoms with Gasteiger partial charge in [0.2, 0.25) is 0 Å². The van der Waals surface area contributed by atoms with E-state index < -0.39 is 0 Å². The molecule has 0 aliphatic carbocycles. The number of hydrogen-bond donors (Lipinski definition) is 1. The Bertz CT molecular complexity index is 656. The van der Waals surface area contributed by atoms with Crippen LogP contribution < -0.4 is 10.1 Å². The largest absolute Gasteiger partial charge is 0.484 e. The van der Waals surface area contributed by atoms with Crippen LogP contribution in [0, 0.1) is 0 Å². The first-order valence-electron chi connectivity index (χ1n) is 9.00. The Balaban J connectivity index is 1.30. The van der Waals surface area contributed by atoms with Gasteiger partial charge in [0.25, 0.3) is 5.91 Å². The minimum Gasteiger partial charge on any atom is -0.484 e. The summed E-state index contributed by atoms with van der Waals surface area (Å²) in [6, 6.07) is 8.14. The summed E-state index contributed by atoms with van der Waals surface area (Å²) < 4.78 is 8.16. The standard InChI is InChI=1S/C19H25N3O2S2/c23-18(21-8-1-2-10-22-11-9-20-15-22)14-24-17-6-4-16(5-7-17)19-25-12-3-13-26-19/h4-7,9,11,15,19H,1-3,8,10,12-14H2,(H,21,23). The maximum absolute atomic E-state index is 11.9. The molecule has 0 bridgehead atoms. The molecule has 1 amide bonds. The van der Waals surface area contributed by atoms with Crippen LogP contribution >= 0.6 is 23.5 Å². The number of benzene rings is 1. The second-order valence-corrected chi connectivity index (χ2v) is 8.87. The Morgan fingerprint density at radius 1 is 1.23 bits per heavy atom. The third-order valence-electron chi connectivity index (χ3n) is 4.07. The molecule has 0 unspecified atom stereocenters. The predicted octanol–water partition coefficient (Wildman–Crippen LogP) is 3.73. The monoisotopic (exact) mass is 391 g/mol. The van der Waals surface area contributed by atoms with Crippen LogP contribution in [0.5, 0.6) is 5.75 Å². The molecule has 0 spiro atoms. The summed E-state index contributed by atoms with van der Waals surface area (Å²) >= 11 is 4.01. The molecule has 26 heavy (non-hydrogen) atoms. The quantitative estimate of drug-likeness (QED) is 0.660. The van der Waals surface area contributed by atoms with Gasteiger partial charge in [0, 0.05) is 25.5 Å². The van der Waals surface area contributed by atoms with Crippen LogP contribution in [0.25, 0.3) is 0 Å². The van der Waals surface area contributed by atoms with Crippen molar-refractivity contribution in [1.29, 1.82) is 0 Å². The van der Waals surface area contributed by atoms with E-state index in [-0.39, 0.29) is 12.5 Å². The lowest BCUT2D eigenvalue weighted by molar-refractivity contribution is -0.123. The summed E-state index contributed by atoms with van der Waals surface area (Å²) in [6.45, 7) is 1.66. The Labute approximate surface area is 163 Å². The van der Waals surface area contributed by atoms with Crippen LogP contribution in [0.2, 0.25) is 0 Å². The Morgan fingerprint density at radius 3 is 2.77 bits per heavy atom. The van der Waals surface area contributed by atoms with Gasteiger partial charge in [-0.15, -0.1) is 23.5 Å². The minimum absolute atomic E-state index is 0.0633. The first-order chi connectivity index (χ1) is 12.8. The van der Waals surface area contributed by atoms with Crippen molar-refractivity contribution in [3.05, 3.63) is 48.5 Å². The fourth-order valence-corrected chi connectivity index (χ4v) is 5.56. The van der Waals surface area contributed by atoms with Gasteiger partial charge in [-0.25, -0.2) is 4.98 Å². The van der Waals surface area contributed by atoms with Gasteiger partial charge in [0.15, 0.2) is 6.61 Å². The molecule has 0 radical (unpaired) electrons. The van der Waals surface area contributed by atoms with Crippen LogP contribution in [0.3, 0.4) is 0 Å². The lowest BCUT2D eigenvalue weighted by atomic mass is 10.2. The third-order valence-corrected chi connectivity index (χ3v) is 7.09. The van der Waals surface area contributed by atoms with E-state index in [1.807, 2.05) is 52.7 Å². The number of nitrogens with zero attached hydrogens (tertiary/aromatic N) is 2. The van der Waals surface area contributed by atoms with E-state index >= 15 is 0 Å². The van der Waals surface area contributed by atoms with Crippen molar-refractivity contribution in [3.8, 4) is 5.75 Å². The first kappa shape index (κ1) is 19.2. The highest BCUT2D eigenvalue weighted by molar-refractivity contribution is 8.16. The minimum atomic E-state index is -0.0740. The second-order valence-electron chi connectivity index (χ2n) is 6.14. The molecule has 1 aliphatic heterocycles. The Kier molecular flexibility index (Phi) is 7.76. The summed E-state index contributed by atoms with van der Waals surface area (Å²) in [6.07, 6.45) is 8.78. The summed E-state index contributed by atoms with van der Waals surface area (Å²) in [4.78, 5) is 15.9. The molecule has 1 aromatic carbocycles. The number of nitrogens with one attached hydrogen (secondary N) is 1. The molecule has 3 rings (SSSR count). The van der Waals surface area contributed by atoms with Crippen molar-refractivity contribution in [2.24, 2.45) is 0 Å². The zero-order chi connectivity index (χ0) is 18.0. The Hall–Kier alpha value is -1.60. The number of carbonyl (C=O) groups excluding carboxylic acids is 1. The van der Waals surface area contributed by atoms with Crippen molar-refractivity contribution < 1.29 is 9.53 Å². The number of carbonyl (C=O) groups is 1. The summed E-state index contributed by atoms with van der Waals surface area (Å²) in [5.41, 5.74) is 1.33. The molecule has 0 atom stereocenters. The molecule has 1 N–H and O–H groups in total. The zero-order valence-electron chi connectivity index (χ0n) is 14.8. The molecular weight excluding hydrogens is 366 g/mol. The van der Waals surface area contributed by atoms with Crippen molar-refractivity contribution in [1.82, 2.24) is 14.9 Å². The highest BCUT2D eigenvalue weighted by atomic mass is 32.2. The molecule has 1 fully saturated rings. The smallest absolute Gasteiger partial charge is 0.257 e. The fourth-order valence-electron chi connectivity index (χ4n) is 2.67. The molecule has 1 saturated heterocycles. The summed E-state index contributed by atoms with van der Waals surface area (Å²) in [5, 5.41) is 2.90. The van der Waals surface area contributed by atoms with E-state index in [2.05, 4.69) is 22.4 Å². The summed E-state index contributed by atoms with van der Waals surface area (Å²) in [7, 11) is 0. The van der Waals surface area contributed by atoms with E-state index in [9.17, 15) is 4.79 Å². The molecule has 5 nitrogen and oxygen atoms in total. The zero-order valence-corrected chi connectivity index (χ0v) is 16.4. The first-order valence-corrected chi connectivity index (χ1v) is 11.1. The molecular formula is C19H25N3O2S2. The topological polar surface area (TPSA) is 56.1 Å². The fraction of sp³-hybridized carbons (Fsp3) is 0.474. The maximum atomic E-state index is 11.9. The number of aromatic nitrogens is 2. The van der Waals surface area contributed by atoms with Crippen LogP contribution in [-0.2, 0) is 11.3 Å². The third kappa shape index (κ3) is 6.29. The van der Waals surface area contributed by atoms with Crippen LogP contribution in [0.4, 0.5) is 0 Å². The van der Waals surface area contributed by atoms with Gasteiger partial charge >= 0.3 is 0 Å². The van der Waals surface area contributed by atoms with Gasteiger partial charge in [0.05, 0.1) is 10.9 Å². The van der Waals surface area contributed by atoms with Crippen LogP contribution in [-0.4, -0.2) is 40.1 Å². The number of rotatable bonds is 9. The molecule has 140 valence electrons. The van der Waals surface area contributed by atoms with E-state index in [0.717, 1.165) is 25.1 Å². The number of ether oxygens (including phenoxy) is 1. The SMILES string of the molecule is O=C(COc1ccc(C2SCCCS2)cc1)NCCCCn1ccnc1. The van der Waals surface area contributed by atoms with Gasteiger partial charge in [-0.2, -0.15) is 0 Å². The molecule has 2 heterocycles. The lowest BCUT2D eigenvalue weighted by Gasteiger charge is -2.21. The molecule has 7 heteroatoms. The molecule has 1 aromatic heterocycles. The molecule has 2 aromatic rings. The van der Waals surface area contributed by atoms with E-state index in [1.165, 1.54) is 23.5 Å². The highest BCUT2D eigenvalue weighted by Crippen LogP contribution is 2.43. The van der Waals surface area contributed by atoms with Gasteiger partial charge in [-0.1, -0.05) is 12.1 Å². The van der Waals surface area contributed by atoms with Crippen molar-refractivity contribution >= 4 is 29.4 Å². The second kappa shape index (κ2) is 10.5. The average Bonchev–Trinajstić information content (AvgIpc) is 3.21. The lowest BCUT2D eigenvalue weighted by Crippen LogP contribution is -2.29. The van der Waals surface area contributed by atoms with Gasteiger partial charge < -0.3 is 14.6 Å². The highest BCUT2D eigenvalue weighted by Gasteiger charge is 2.16. The number of thioether (sulfide) groups is 2. The maximum Gasteiger partial charge on any atom is 0.257 e. The number of hydrogen-bond acceptors (Lipinski definition) is 5. The van der Waals surface area contributed by atoms with Crippen molar-refractivity contribution in [2.45, 2.75) is 30.4 Å². The van der Waals surface area contributed by atoms with Crippen molar-refractivity contribution in [3.63, 3.8) is 0 Å². The van der Waals surface area contributed by atoms with E-state index in [4.69, 9.17) is 4.74 Å². The normalized spacial score (nSPS) is 14.9. The van der Waals surface area contributed by atoms with Crippen molar-refractivity contribution in [2.75, 3.05) is 24.7 Å². The Morgan fingerprint density at radius 2 is 2.04 bits per heavy atom. The van der Waals surface area contributed by atoms with Gasteiger partial charge in [0.1, 0.15) is 5.75 Å². The number of unbranched alkanes of at least 4 members (excludes halogenated alkanes) is 1. The number of amides is 1. The summed E-state index contributed by atoms with van der Waals surface area (Å²) in [5.74, 6) is 3.14. The predicted molar refractivity (Wildman–Crippen MR) is 109 cm³/mol. The van der Waals surface area contributed by atoms with E-state index in [0.29, 0.717) is 11.1 Å². The van der Waals surface area contributed by atoms with Crippen LogP contribution in [0.1, 0.15) is 29.4 Å². The van der Waals surface area contributed by atoms with E-state index in [1.54, 1.807) is 6.20 Å². The van der Waals surface area contributed by atoms with Gasteiger partial charge in [-0.3, -0.25) is 4.79 Å². The number of aryl methyl sites for hydroxylation is 1.